The van der Waals surface area contributed by atoms with Gasteiger partial charge in [0.05, 0.1) is 11.9 Å². The molecule has 1 atom stereocenters. The van der Waals surface area contributed by atoms with Crippen LogP contribution in [0.5, 0.6) is 0 Å². The third kappa shape index (κ3) is 6.08. The molecule has 0 saturated heterocycles. The largest absolute Gasteiger partial charge is 0.618 e. The van der Waals surface area contributed by atoms with E-state index in [-0.39, 0.29) is 17.2 Å². The van der Waals surface area contributed by atoms with Gasteiger partial charge >= 0.3 is 5.97 Å². The summed E-state index contributed by atoms with van der Waals surface area (Å²) >= 11 is 6.30. The molecule has 39 heavy (non-hydrogen) atoms. The molecule has 0 aromatic carbocycles. The Labute approximate surface area is 227 Å². The molecule has 9 nitrogen and oxygen atoms in total. The molecule has 204 valence electrons. The Morgan fingerprint density at radius 1 is 1.21 bits per heavy atom. The zero-order chi connectivity index (χ0) is 27.7. The summed E-state index contributed by atoms with van der Waals surface area (Å²) in [5.41, 5.74) is 2.36. The van der Waals surface area contributed by atoms with Crippen molar-refractivity contribution in [3.8, 4) is 0 Å². The number of carboxylic acid groups (broad SMARTS) is 1. The highest BCUT2D eigenvalue weighted by molar-refractivity contribution is 6.30. The third-order valence-electron chi connectivity index (χ3n) is 7.13. The second kappa shape index (κ2) is 11.1. The summed E-state index contributed by atoms with van der Waals surface area (Å²) in [5.74, 6) is -1.65. The number of pyridine rings is 1. The molecule has 5 rings (SSSR count). The lowest BCUT2D eigenvalue weighted by Gasteiger charge is -2.20. The molecule has 2 aromatic heterocycles. The fourth-order valence-electron chi connectivity index (χ4n) is 4.82. The predicted molar refractivity (Wildman–Crippen MR) is 138 cm³/mol. The molecule has 2 N–H and O–H groups in total. The number of halogens is 3. The van der Waals surface area contributed by atoms with Gasteiger partial charge in [-0.1, -0.05) is 35.7 Å². The Morgan fingerprint density at radius 2 is 2.00 bits per heavy atom. The summed E-state index contributed by atoms with van der Waals surface area (Å²) in [5, 5.41) is 33.2. The number of hydrogen-bond acceptors (Lipinski definition) is 5. The number of carbonyl (C=O) groups is 2. The zero-order valence-electron chi connectivity index (χ0n) is 20.8. The van der Waals surface area contributed by atoms with Crippen LogP contribution in [-0.4, -0.2) is 32.0 Å². The molecule has 1 saturated carbocycles. The van der Waals surface area contributed by atoms with E-state index in [1.165, 1.54) is 17.0 Å². The number of rotatable bonds is 9. The molecule has 0 spiro atoms. The molecule has 3 aliphatic carbocycles. The van der Waals surface area contributed by atoms with Crippen molar-refractivity contribution in [2.24, 2.45) is 5.92 Å². The molecule has 0 bridgehead atoms. The van der Waals surface area contributed by atoms with E-state index in [0.29, 0.717) is 70.3 Å². The standard InChI is InChI=1S/C27H26ClF2N5O4/c28-18-6-10-23(34-14-22(25(29)30)32-33-34)20(12-18)17-5-9-24(35(39)13-17)21(11-15-1-2-15)26(36)31-19-7-3-16(4-8-19)27(37)38/h3,5,7,9,12-15,21,25H,1-2,4,6,8,10-11H2,(H,31,36)(H,37,38). The summed E-state index contributed by atoms with van der Waals surface area (Å²) in [6, 6.07) is 3.32. The van der Waals surface area contributed by atoms with E-state index in [1.54, 1.807) is 24.3 Å². The Balaban J connectivity index is 1.44. The Kier molecular flexibility index (Phi) is 7.60. The number of alkyl halides is 2. The van der Waals surface area contributed by atoms with Crippen LogP contribution >= 0.6 is 11.6 Å². The van der Waals surface area contributed by atoms with E-state index in [4.69, 9.17) is 16.7 Å². The molecule has 1 fully saturated rings. The molecule has 2 heterocycles. The van der Waals surface area contributed by atoms with E-state index in [0.717, 1.165) is 19.0 Å². The molecular weight excluding hydrogens is 532 g/mol. The fraction of sp³-hybridized carbons (Fsp3) is 0.370. The molecule has 2 aromatic rings. The van der Waals surface area contributed by atoms with Gasteiger partial charge in [-0.25, -0.2) is 18.3 Å². The summed E-state index contributed by atoms with van der Waals surface area (Å²) in [7, 11) is 0. The second-order valence-electron chi connectivity index (χ2n) is 9.92. The number of aliphatic carboxylic acids is 1. The summed E-state index contributed by atoms with van der Waals surface area (Å²) in [6.07, 6.45) is 8.61. The number of aromatic nitrogens is 4. The Bertz CT molecular complexity index is 1440. The second-order valence-corrected chi connectivity index (χ2v) is 10.4. The quantitative estimate of drug-likeness (QED) is 0.336. The van der Waals surface area contributed by atoms with Crippen LogP contribution in [0, 0.1) is 11.1 Å². The fourth-order valence-corrected chi connectivity index (χ4v) is 5.02. The smallest absolute Gasteiger partial charge is 0.331 e. The topological polar surface area (TPSA) is 124 Å². The zero-order valence-corrected chi connectivity index (χ0v) is 21.6. The van der Waals surface area contributed by atoms with Gasteiger partial charge in [-0.15, -0.1) is 5.10 Å². The number of amides is 1. The number of hydrogen-bond donors (Lipinski definition) is 2. The van der Waals surface area contributed by atoms with Crippen molar-refractivity contribution in [1.29, 1.82) is 0 Å². The van der Waals surface area contributed by atoms with Crippen LogP contribution in [0.1, 0.15) is 74.2 Å². The van der Waals surface area contributed by atoms with E-state index < -0.39 is 24.0 Å². The molecule has 0 radical (unpaired) electrons. The van der Waals surface area contributed by atoms with E-state index in [9.17, 15) is 23.6 Å². The van der Waals surface area contributed by atoms with Gasteiger partial charge in [0, 0.05) is 33.5 Å². The maximum Gasteiger partial charge on any atom is 0.331 e. The van der Waals surface area contributed by atoms with Crippen LogP contribution < -0.4 is 10.0 Å². The minimum atomic E-state index is -2.76. The highest BCUT2D eigenvalue weighted by Crippen LogP contribution is 2.39. The average Bonchev–Trinajstić information content (AvgIpc) is 3.59. The van der Waals surface area contributed by atoms with Crippen molar-refractivity contribution < 1.29 is 28.2 Å². The van der Waals surface area contributed by atoms with E-state index >= 15 is 0 Å². The van der Waals surface area contributed by atoms with Crippen molar-refractivity contribution in [3.63, 3.8) is 0 Å². The van der Waals surface area contributed by atoms with Crippen molar-refractivity contribution in [1.82, 2.24) is 20.3 Å². The number of carbonyl (C=O) groups excluding carboxylic acids is 1. The van der Waals surface area contributed by atoms with E-state index in [1.807, 2.05) is 0 Å². The first-order chi connectivity index (χ1) is 18.7. The Hall–Kier alpha value is -3.86. The molecule has 1 unspecified atom stereocenters. The van der Waals surface area contributed by atoms with Gasteiger partial charge in [0.25, 0.3) is 6.43 Å². The number of nitrogens with one attached hydrogen (secondary N) is 1. The van der Waals surface area contributed by atoms with Crippen molar-refractivity contribution in [2.75, 3.05) is 0 Å². The normalized spacial score (nSPS) is 18.4. The molecular formula is C27H26ClF2N5O4. The van der Waals surface area contributed by atoms with Crippen LogP contribution in [0.15, 0.2) is 59.1 Å². The minimum absolute atomic E-state index is 0.275. The predicted octanol–water partition coefficient (Wildman–Crippen LogP) is 4.82. The maximum absolute atomic E-state index is 13.3. The van der Waals surface area contributed by atoms with Gasteiger partial charge in [-0.2, -0.15) is 4.73 Å². The van der Waals surface area contributed by atoms with Crippen molar-refractivity contribution in [3.05, 3.63) is 81.2 Å². The number of carboxylic acids is 1. The average molecular weight is 558 g/mol. The first-order valence-electron chi connectivity index (χ1n) is 12.7. The number of allylic oxidation sites excluding steroid dienone is 7. The first kappa shape index (κ1) is 26.7. The minimum Gasteiger partial charge on any atom is -0.618 e. The monoisotopic (exact) mass is 557 g/mol. The van der Waals surface area contributed by atoms with Gasteiger partial charge in [0.15, 0.2) is 6.20 Å². The molecule has 1 amide bonds. The number of nitrogens with zero attached hydrogens (tertiary/aromatic N) is 4. The van der Waals surface area contributed by atoms with Crippen molar-refractivity contribution >= 4 is 34.7 Å². The van der Waals surface area contributed by atoms with Crippen LogP contribution in [0.3, 0.4) is 0 Å². The summed E-state index contributed by atoms with van der Waals surface area (Å²) < 4.78 is 28.1. The first-order valence-corrected chi connectivity index (χ1v) is 13.0. The SMILES string of the molecule is O=C(O)C1=CC=C(NC(=O)C(CC2CC2)c2ccc(C3=C(n4cc(C(F)F)nn4)CCC(Cl)=C3)c[n+]2[O-])CC1. The van der Waals surface area contributed by atoms with Crippen molar-refractivity contribution in [2.45, 2.75) is 57.3 Å². The maximum atomic E-state index is 13.3. The van der Waals surface area contributed by atoms with Gasteiger partial charge in [-0.05, 0) is 56.2 Å². The van der Waals surface area contributed by atoms with Gasteiger partial charge in [0.1, 0.15) is 11.6 Å². The lowest BCUT2D eigenvalue weighted by molar-refractivity contribution is -0.615. The van der Waals surface area contributed by atoms with Crippen LogP contribution in [0.4, 0.5) is 8.78 Å². The molecule has 12 heteroatoms. The third-order valence-corrected chi connectivity index (χ3v) is 7.42. The van der Waals surface area contributed by atoms with Gasteiger partial charge in [-0.3, -0.25) is 4.79 Å². The van der Waals surface area contributed by atoms with Gasteiger partial charge in [0.2, 0.25) is 11.6 Å². The summed E-state index contributed by atoms with van der Waals surface area (Å²) in [4.78, 5) is 24.5. The molecule has 0 aliphatic heterocycles. The lowest BCUT2D eigenvalue weighted by Crippen LogP contribution is -2.39. The highest BCUT2D eigenvalue weighted by atomic mass is 35.5. The van der Waals surface area contributed by atoms with Gasteiger partial charge < -0.3 is 15.6 Å². The molecule has 3 aliphatic rings. The van der Waals surface area contributed by atoms with E-state index in [2.05, 4.69) is 15.6 Å². The van der Waals surface area contributed by atoms with Crippen LogP contribution in [-0.2, 0) is 9.59 Å². The van der Waals surface area contributed by atoms with Crippen LogP contribution in [0.25, 0.3) is 11.3 Å². The highest BCUT2D eigenvalue weighted by Gasteiger charge is 2.35. The summed E-state index contributed by atoms with van der Waals surface area (Å²) in [6.45, 7) is 0. The Morgan fingerprint density at radius 3 is 2.62 bits per heavy atom. The lowest BCUT2D eigenvalue weighted by atomic mass is 9.93. The van der Waals surface area contributed by atoms with Crippen LogP contribution in [0.2, 0.25) is 0 Å².